The number of piperidine rings is 2. The van der Waals surface area contributed by atoms with Crippen LogP contribution in [0, 0.1) is 17.0 Å². The number of carbonyl (C=O) groups excluding carboxylic acids is 3. The number of anilines is 2. The molecule has 71 heavy (non-hydrogen) atoms. The molecule has 0 radical (unpaired) electrons. The molecule has 5 saturated heterocycles. The first-order chi connectivity index (χ1) is 34.3. The quantitative estimate of drug-likeness (QED) is 0.128. The summed E-state index contributed by atoms with van der Waals surface area (Å²) in [6.07, 6.45) is 7.32. The normalized spacial score (nSPS) is 24.3. The number of phenols is 1. The topological polar surface area (TPSA) is 160 Å². The third kappa shape index (κ3) is 8.68. The van der Waals surface area contributed by atoms with E-state index >= 15 is 13.2 Å². The largest absolute Gasteiger partial charge is 0.508 e. The van der Waals surface area contributed by atoms with Gasteiger partial charge in [-0.1, -0.05) is 13.0 Å². The summed E-state index contributed by atoms with van der Waals surface area (Å²) in [7, 11) is 0. The summed E-state index contributed by atoms with van der Waals surface area (Å²) in [4.78, 5) is 62.4. The van der Waals surface area contributed by atoms with E-state index in [9.17, 15) is 19.5 Å². The molecular weight excluding hydrogens is 914 g/mol. The van der Waals surface area contributed by atoms with Crippen molar-refractivity contribution in [1.29, 1.82) is 0 Å². The van der Waals surface area contributed by atoms with Gasteiger partial charge >= 0.3 is 6.01 Å². The summed E-state index contributed by atoms with van der Waals surface area (Å²) in [5.74, 6) is -1.56. The molecule has 3 aromatic carbocycles. The van der Waals surface area contributed by atoms with Crippen LogP contribution in [0.3, 0.4) is 0 Å². The Morgan fingerprint density at radius 3 is 2.31 bits per heavy atom. The van der Waals surface area contributed by atoms with Gasteiger partial charge in [0.25, 0.3) is 5.91 Å². The van der Waals surface area contributed by atoms with Crippen LogP contribution in [0.2, 0.25) is 0 Å². The highest BCUT2D eigenvalue weighted by Gasteiger charge is 2.46. The van der Waals surface area contributed by atoms with Crippen LogP contribution in [-0.4, -0.2) is 148 Å². The fourth-order valence-electron chi connectivity index (χ4n) is 12.3. The zero-order valence-corrected chi connectivity index (χ0v) is 40.0. The monoisotopic (exact) mass is 972 g/mol. The van der Waals surface area contributed by atoms with E-state index in [0.29, 0.717) is 117 Å². The van der Waals surface area contributed by atoms with E-state index in [1.165, 1.54) is 12.1 Å². The lowest BCUT2D eigenvalue weighted by Gasteiger charge is -2.43. The SMILES string of the molecule is CCc1c(F)ccc2cc(O)cc(-c3ncc4c(N5CC6CCC(C5)N6)nc(OCC5(CN6CCN(CC7(F)CCN(c8ccc9c(c8)CN([C@H]8CCC(=O)NC8=O)C9=O)CC7)CC6)CC5)nc4c3F)c12. The molecular formula is C53H59F3N10O5. The molecule has 2 bridgehead atoms. The minimum atomic E-state index is -1.31. The number of fused-ring (bicyclic) bond motifs is 5. The number of carbonyl (C=O) groups is 3. The standard InChI is InChI=1S/C53H59F3N10O5/c1-2-37-41(54)8-3-31-22-36(67)23-39(44(31)37)46-45(55)47-40(24-57-46)48(65-26-33-4-5-34(27-65)58-33)61-51(60-47)71-30-52(11-12-52)28-62-17-19-63(20-18-62)29-53(56)13-15-64(16-14-53)35-6-7-38-32(21-35)25-66(50(38)70)42-9-10-43(68)59-49(42)69/h3,6-8,21-24,33-34,42,58,67H,2,4-5,9-20,25-30H2,1H3,(H,59,68,69)/t33?,34?,42-/m0/s1. The maximum atomic E-state index is 17.2. The summed E-state index contributed by atoms with van der Waals surface area (Å²) >= 11 is 0. The highest BCUT2D eigenvalue weighted by Crippen LogP contribution is 2.47. The van der Waals surface area contributed by atoms with Crippen LogP contribution >= 0.6 is 0 Å². The number of amides is 3. The Morgan fingerprint density at radius 1 is 0.845 bits per heavy atom. The van der Waals surface area contributed by atoms with Gasteiger partial charge in [0.2, 0.25) is 11.8 Å². The number of ether oxygens (including phenoxy) is 1. The van der Waals surface area contributed by atoms with E-state index in [-0.39, 0.29) is 52.2 Å². The molecule has 8 heterocycles. The molecule has 2 unspecified atom stereocenters. The van der Waals surface area contributed by atoms with Crippen molar-refractivity contribution in [2.45, 2.75) is 95.1 Å². The third-order valence-electron chi connectivity index (χ3n) is 16.4. The highest BCUT2D eigenvalue weighted by molar-refractivity contribution is 6.06. The molecule has 3 atom stereocenters. The molecule has 0 spiro atoms. The number of aromatic hydroxyl groups is 1. The highest BCUT2D eigenvalue weighted by atomic mass is 19.1. The first kappa shape index (κ1) is 46.0. The number of rotatable bonds is 12. The number of hydrogen-bond acceptors (Lipinski definition) is 13. The predicted octanol–water partition coefficient (Wildman–Crippen LogP) is 5.88. The lowest BCUT2D eigenvalue weighted by atomic mass is 9.91. The number of hydrogen-bond donors (Lipinski definition) is 3. The van der Waals surface area contributed by atoms with Crippen molar-refractivity contribution in [2.75, 3.05) is 81.9 Å². The fraction of sp³-hybridized carbons (Fsp3) is 0.509. The first-order valence-electron chi connectivity index (χ1n) is 25.4. The molecule has 1 saturated carbocycles. The smallest absolute Gasteiger partial charge is 0.319 e. The maximum absolute atomic E-state index is 17.2. The lowest BCUT2D eigenvalue weighted by molar-refractivity contribution is -0.136. The second-order valence-electron chi connectivity index (χ2n) is 21.2. The Kier molecular flexibility index (Phi) is 11.6. The number of benzene rings is 3. The zero-order chi connectivity index (χ0) is 48.8. The predicted molar refractivity (Wildman–Crippen MR) is 261 cm³/mol. The van der Waals surface area contributed by atoms with Crippen LogP contribution in [0.15, 0.2) is 48.7 Å². The van der Waals surface area contributed by atoms with Crippen molar-refractivity contribution in [3.8, 4) is 23.0 Å². The number of pyridine rings is 1. The van der Waals surface area contributed by atoms with E-state index in [1.54, 1.807) is 29.3 Å². The molecule has 6 fully saturated rings. The Bertz CT molecular complexity index is 2960. The average molecular weight is 973 g/mol. The number of alkyl halides is 1. The molecule has 12 rings (SSSR count). The number of piperazine rings is 2. The van der Waals surface area contributed by atoms with Gasteiger partial charge in [-0.3, -0.25) is 29.6 Å². The number of halogens is 3. The molecule has 6 aliphatic heterocycles. The van der Waals surface area contributed by atoms with Crippen LogP contribution in [0.4, 0.5) is 24.7 Å². The van der Waals surface area contributed by atoms with Gasteiger partial charge in [0.05, 0.1) is 12.0 Å². The molecule has 5 aromatic rings. The molecule has 15 nitrogen and oxygen atoms in total. The van der Waals surface area contributed by atoms with E-state index in [0.717, 1.165) is 69.7 Å². The molecule has 372 valence electrons. The second kappa shape index (κ2) is 17.9. The van der Waals surface area contributed by atoms with E-state index in [4.69, 9.17) is 14.7 Å². The van der Waals surface area contributed by atoms with E-state index in [1.807, 2.05) is 19.1 Å². The summed E-state index contributed by atoms with van der Waals surface area (Å²) in [6.45, 7) is 9.37. The summed E-state index contributed by atoms with van der Waals surface area (Å²) in [5, 5.41) is 18.3. The molecule has 18 heteroatoms. The van der Waals surface area contributed by atoms with Crippen molar-refractivity contribution >= 4 is 50.9 Å². The Balaban J connectivity index is 0.690. The van der Waals surface area contributed by atoms with Crippen LogP contribution < -0.4 is 25.2 Å². The van der Waals surface area contributed by atoms with Gasteiger partial charge in [0.15, 0.2) is 5.82 Å². The first-order valence-corrected chi connectivity index (χ1v) is 25.4. The van der Waals surface area contributed by atoms with Crippen LogP contribution in [0.25, 0.3) is 32.9 Å². The molecule has 3 N–H and O–H groups in total. The summed E-state index contributed by atoms with van der Waals surface area (Å²) in [6, 6.07) is 11.7. The Hall–Kier alpha value is -6.11. The number of nitrogens with zero attached hydrogens (tertiary/aromatic N) is 8. The summed E-state index contributed by atoms with van der Waals surface area (Å²) in [5.41, 5.74) is 1.66. The van der Waals surface area contributed by atoms with Crippen molar-refractivity contribution in [1.82, 2.24) is 40.3 Å². The maximum Gasteiger partial charge on any atom is 0.319 e. The van der Waals surface area contributed by atoms with Crippen LogP contribution in [-0.2, 0) is 22.6 Å². The number of nitrogens with one attached hydrogen (secondary N) is 2. The third-order valence-corrected chi connectivity index (χ3v) is 16.4. The van der Waals surface area contributed by atoms with Crippen molar-refractivity contribution in [2.24, 2.45) is 5.41 Å². The number of imide groups is 1. The number of phenolic OH excluding ortho intramolecular Hbond substituents is 1. The van der Waals surface area contributed by atoms with Crippen molar-refractivity contribution in [3.63, 3.8) is 0 Å². The number of aromatic nitrogens is 3. The molecule has 3 amide bonds. The van der Waals surface area contributed by atoms with Crippen LogP contribution in [0.5, 0.6) is 11.8 Å². The summed E-state index contributed by atoms with van der Waals surface area (Å²) < 4.78 is 55.4. The Labute approximate surface area is 409 Å². The van der Waals surface area contributed by atoms with Gasteiger partial charge in [-0.25, -0.2) is 13.2 Å². The number of aryl methyl sites for hydroxylation is 1. The van der Waals surface area contributed by atoms with Crippen molar-refractivity contribution in [3.05, 3.63) is 77.0 Å². The van der Waals surface area contributed by atoms with Gasteiger partial charge < -0.3 is 34.8 Å². The van der Waals surface area contributed by atoms with Gasteiger partial charge in [-0.2, -0.15) is 9.97 Å². The van der Waals surface area contributed by atoms with Crippen LogP contribution in [0.1, 0.15) is 79.8 Å². The minimum Gasteiger partial charge on any atom is -0.508 e. The van der Waals surface area contributed by atoms with Gasteiger partial charge in [-0.05, 0) is 96.8 Å². The van der Waals surface area contributed by atoms with Gasteiger partial charge in [0, 0.05) is 132 Å². The van der Waals surface area contributed by atoms with Gasteiger partial charge in [0.1, 0.15) is 40.3 Å². The molecule has 7 aliphatic rings. The molecule has 2 aromatic heterocycles. The van der Waals surface area contributed by atoms with E-state index < -0.39 is 29.3 Å². The molecule has 1 aliphatic carbocycles. The fourth-order valence-corrected chi connectivity index (χ4v) is 12.3. The lowest BCUT2D eigenvalue weighted by Crippen LogP contribution is -2.54. The van der Waals surface area contributed by atoms with Crippen molar-refractivity contribution < 1.29 is 37.4 Å². The minimum absolute atomic E-state index is 0.0333. The van der Waals surface area contributed by atoms with E-state index in [2.05, 4.69) is 35.2 Å². The van der Waals surface area contributed by atoms with Gasteiger partial charge in [-0.15, -0.1) is 0 Å². The second-order valence-corrected chi connectivity index (χ2v) is 21.2. The zero-order valence-electron chi connectivity index (χ0n) is 40.0. The Morgan fingerprint density at radius 2 is 1.59 bits per heavy atom. The average Bonchev–Trinajstić information content (AvgIpc) is 3.94.